The molecule has 0 saturated carbocycles. The fourth-order valence-electron chi connectivity index (χ4n) is 1.74. The normalized spacial score (nSPS) is 10.5. The van der Waals surface area contributed by atoms with Crippen LogP contribution in [0.1, 0.15) is 11.1 Å². The second kappa shape index (κ2) is 5.80. The van der Waals surface area contributed by atoms with Crippen LogP contribution in [0, 0.1) is 18.6 Å². The van der Waals surface area contributed by atoms with Crippen LogP contribution in [-0.2, 0) is 6.54 Å². The fourth-order valence-corrected chi connectivity index (χ4v) is 1.74. The van der Waals surface area contributed by atoms with Crippen LogP contribution in [0.5, 0.6) is 11.5 Å². The lowest BCUT2D eigenvalue weighted by molar-refractivity contribution is 0.406. The summed E-state index contributed by atoms with van der Waals surface area (Å²) in [5, 5.41) is 2.84. The zero-order valence-corrected chi connectivity index (χ0v) is 10.8. The van der Waals surface area contributed by atoms with Gasteiger partial charge in [-0.25, -0.2) is 8.78 Å². The van der Waals surface area contributed by atoms with E-state index >= 15 is 0 Å². The summed E-state index contributed by atoms with van der Waals surface area (Å²) in [5.74, 6) is -1.37. The van der Waals surface area contributed by atoms with E-state index in [9.17, 15) is 8.78 Å². The average Bonchev–Trinajstić information content (AvgIpc) is 2.36. The molecule has 0 aliphatic carbocycles. The van der Waals surface area contributed by atoms with Gasteiger partial charge in [-0.1, -0.05) is 17.7 Å². The van der Waals surface area contributed by atoms with Gasteiger partial charge in [0.25, 0.3) is 0 Å². The van der Waals surface area contributed by atoms with Gasteiger partial charge in [-0.3, -0.25) is 0 Å². The minimum Gasteiger partial charge on any atom is -0.451 e. The summed E-state index contributed by atoms with van der Waals surface area (Å²) in [5.41, 5.74) is 1.59. The molecule has 0 unspecified atom stereocenters. The van der Waals surface area contributed by atoms with Crippen LogP contribution < -0.4 is 10.1 Å². The molecule has 2 rings (SSSR count). The molecule has 100 valence electrons. The smallest absolute Gasteiger partial charge is 0.198 e. The highest BCUT2D eigenvalue weighted by atomic mass is 19.1. The Labute approximate surface area is 111 Å². The van der Waals surface area contributed by atoms with Gasteiger partial charge in [-0.2, -0.15) is 0 Å². The van der Waals surface area contributed by atoms with E-state index in [0.717, 1.165) is 5.56 Å². The molecule has 0 saturated heterocycles. The van der Waals surface area contributed by atoms with Gasteiger partial charge in [0.05, 0.1) is 0 Å². The molecule has 0 aromatic heterocycles. The van der Waals surface area contributed by atoms with Crippen molar-refractivity contribution >= 4 is 0 Å². The van der Waals surface area contributed by atoms with E-state index in [4.69, 9.17) is 4.74 Å². The number of benzene rings is 2. The number of ether oxygens (including phenoxy) is 1. The van der Waals surface area contributed by atoms with Gasteiger partial charge in [-0.15, -0.1) is 0 Å². The molecule has 0 atom stereocenters. The number of hydrogen-bond acceptors (Lipinski definition) is 2. The number of aryl methyl sites for hydroxylation is 1. The van der Waals surface area contributed by atoms with Gasteiger partial charge in [-0.05, 0) is 43.8 Å². The molecule has 19 heavy (non-hydrogen) atoms. The van der Waals surface area contributed by atoms with Crippen molar-refractivity contribution in [1.82, 2.24) is 5.32 Å². The summed E-state index contributed by atoms with van der Waals surface area (Å²) in [6, 6.07) is 9.53. The van der Waals surface area contributed by atoms with E-state index < -0.39 is 11.6 Å². The Kier molecular flexibility index (Phi) is 4.12. The maximum Gasteiger partial charge on any atom is 0.198 e. The molecular formula is C15H15F2NO. The van der Waals surface area contributed by atoms with Gasteiger partial charge >= 0.3 is 0 Å². The molecule has 2 aromatic carbocycles. The molecule has 0 aliphatic heterocycles. The van der Waals surface area contributed by atoms with E-state index in [0.29, 0.717) is 17.9 Å². The summed E-state index contributed by atoms with van der Waals surface area (Å²) >= 11 is 0. The minimum atomic E-state index is -0.703. The molecule has 0 fully saturated rings. The molecule has 2 aromatic rings. The van der Waals surface area contributed by atoms with Crippen molar-refractivity contribution < 1.29 is 13.5 Å². The van der Waals surface area contributed by atoms with Gasteiger partial charge in [0.2, 0.25) is 0 Å². The standard InChI is InChI=1S/C15H15F2NO/c1-10-3-5-12(6-4-10)19-15-13(16)7-11(9-18-2)8-14(15)17/h3-8,18H,9H2,1-2H3. The first-order chi connectivity index (χ1) is 9.10. The van der Waals surface area contributed by atoms with E-state index in [1.54, 1.807) is 19.2 Å². The van der Waals surface area contributed by atoms with Gasteiger partial charge in [0.1, 0.15) is 5.75 Å². The highest BCUT2D eigenvalue weighted by molar-refractivity contribution is 5.36. The Morgan fingerprint density at radius 3 is 2.16 bits per heavy atom. The first kappa shape index (κ1) is 13.5. The minimum absolute atomic E-state index is 0.372. The van der Waals surface area contributed by atoms with E-state index in [1.807, 2.05) is 19.1 Å². The van der Waals surface area contributed by atoms with Gasteiger partial charge in [0, 0.05) is 6.54 Å². The van der Waals surface area contributed by atoms with Crippen molar-refractivity contribution in [3.05, 3.63) is 59.2 Å². The molecular weight excluding hydrogens is 248 g/mol. The lowest BCUT2D eigenvalue weighted by atomic mass is 10.2. The third-order valence-corrected chi connectivity index (χ3v) is 2.68. The van der Waals surface area contributed by atoms with E-state index in [1.165, 1.54) is 12.1 Å². The van der Waals surface area contributed by atoms with Gasteiger partial charge in [0.15, 0.2) is 17.4 Å². The van der Waals surface area contributed by atoms with Crippen molar-refractivity contribution in [3.63, 3.8) is 0 Å². The molecule has 4 heteroatoms. The van der Waals surface area contributed by atoms with Crippen molar-refractivity contribution in [2.24, 2.45) is 0 Å². The van der Waals surface area contributed by atoms with Crippen molar-refractivity contribution in [1.29, 1.82) is 0 Å². The zero-order chi connectivity index (χ0) is 13.8. The Bertz CT molecular complexity index is 544. The number of rotatable bonds is 4. The van der Waals surface area contributed by atoms with E-state index in [-0.39, 0.29) is 5.75 Å². The molecule has 0 bridgehead atoms. The zero-order valence-electron chi connectivity index (χ0n) is 10.8. The van der Waals surface area contributed by atoms with Crippen molar-refractivity contribution in [2.75, 3.05) is 7.05 Å². The van der Waals surface area contributed by atoms with Crippen LogP contribution in [0.15, 0.2) is 36.4 Å². The SMILES string of the molecule is CNCc1cc(F)c(Oc2ccc(C)cc2)c(F)c1. The predicted molar refractivity (Wildman–Crippen MR) is 70.4 cm³/mol. The number of halogens is 2. The quantitative estimate of drug-likeness (QED) is 0.906. The summed E-state index contributed by atoms with van der Waals surface area (Å²) in [7, 11) is 1.71. The largest absolute Gasteiger partial charge is 0.451 e. The summed E-state index contributed by atoms with van der Waals surface area (Å²) in [6.07, 6.45) is 0. The van der Waals surface area contributed by atoms with E-state index in [2.05, 4.69) is 5.32 Å². The molecule has 0 amide bonds. The fraction of sp³-hybridized carbons (Fsp3) is 0.200. The lowest BCUT2D eigenvalue weighted by Crippen LogP contribution is -2.06. The summed E-state index contributed by atoms with van der Waals surface area (Å²) in [6.45, 7) is 2.33. The highest BCUT2D eigenvalue weighted by Crippen LogP contribution is 2.28. The van der Waals surface area contributed by atoms with Crippen LogP contribution in [-0.4, -0.2) is 7.05 Å². The molecule has 1 N–H and O–H groups in total. The Morgan fingerprint density at radius 2 is 1.63 bits per heavy atom. The first-order valence-corrected chi connectivity index (χ1v) is 5.97. The topological polar surface area (TPSA) is 21.3 Å². The monoisotopic (exact) mass is 263 g/mol. The van der Waals surface area contributed by atoms with Crippen molar-refractivity contribution in [2.45, 2.75) is 13.5 Å². The Hall–Kier alpha value is -1.94. The first-order valence-electron chi connectivity index (χ1n) is 5.97. The number of hydrogen-bond donors (Lipinski definition) is 1. The highest BCUT2D eigenvalue weighted by Gasteiger charge is 2.13. The van der Waals surface area contributed by atoms with Gasteiger partial charge < -0.3 is 10.1 Å². The second-order valence-electron chi connectivity index (χ2n) is 4.33. The Balaban J connectivity index is 2.27. The Morgan fingerprint density at radius 1 is 1.05 bits per heavy atom. The molecule has 0 heterocycles. The maximum atomic E-state index is 13.8. The van der Waals surface area contributed by atoms with Crippen molar-refractivity contribution in [3.8, 4) is 11.5 Å². The molecule has 0 radical (unpaired) electrons. The third kappa shape index (κ3) is 3.29. The summed E-state index contributed by atoms with van der Waals surface area (Å²) < 4.78 is 32.9. The summed E-state index contributed by atoms with van der Waals surface area (Å²) in [4.78, 5) is 0. The maximum absolute atomic E-state index is 13.8. The van der Waals surface area contributed by atoms with Crippen LogP contribution in [0.4, 0.5) is 8.78 Å². The van der Waals surface area contributed by atoms with Crippen LogP contribution in [0.25, 0.3) is 0 Å². The molecule has 0 spiro atoms. The molecule has 0 aliphatic rings. The van der Waals surface area contributed by atoms with Crippen LogP contribution in [0.3, 0.4) is 0 Å². The predicted octanol–water partition coefficient (Wildman–Crippen LogP) is 3.78. The second-order valence-corrected chi connectivity index (χ2v) is 4.33. The lowest BCUT2D eigenvalue weighted by Gasteiger charge is -2.10. The van der Waals surface area contributed by atoms with Crippen LogP contribution >= 0.6 is 0 Å². The third-order valence-electron chi connectivity index (χ3n) is 2.68. The number of nitrogens with one attached hydrogen (secondary N) is 1. The van der Waals surface area contributed by atoms with Crippen LogP contribution in [0.2, 0.25) is 0 Å². The average molecular weight is 263 g/mol. The molecule has 2 nitrogen and oxygen atoms in total.